The highest BCUT2D eigenvalue weighted by atomic mass is 32.1. The second kappa shape index (κ2) is 5.76. The smallest absolute Gasteiger partial charge is 0.273 e. The Kier molecular flexibility index (Phi) is 3.84. The third-order valence-corrected chi connectivity index (χ3v) is 4.40. The monoisotopic (exact) mass is 290 g/mol. The zero-order valence-electron chi connectivity index (χ0n) is 11.5. The number of aromatic nitrogens is 2. The van der Waals surface area contributed by atoms with Crippen LogP contribution in [0, 0.1) is 0 Å². The van der Waals surface area contributed by atoms with Gasteiger partial charge in [0.05, 0.1) is 0 Å². The first-order chi connectivity index (χ1) is 9.74. The maximum absolute atomic E-state index is 12.5. The van der Waals surface area contributed by atoms with E-state index in [1.54, 1.807) is 0 Å². The van der Waals surface area contributed by atoms with Crippen molar-refractivity contribution in [2.24, 2.45) is 0 Å². The molecular weight excluding hydrogens is 272 g/mol. The van der Waals surface area contributed by atoms with E-state index in [2.05, 4.69) is 16.9 Å². The SMILES string of the molecule is CN1CCCN(C(=O)c2csc(-n3cccc3)n2)CC1. The summed E-state index contributed by atoms with van der Waals surface area (Å²) in [4.78, 5) is 21.1. The Balaban J connectivity index is 1.74. The molecule has 0 N–H and O–H groups in total. The fraction of sp³-hybridized carbons (Fsp3) is 0.429. The molecule has 0 bridgehead atoms. The van der Waals surface area contributed by atoms with Crippen LogP contribution in [0.2, 0.25) is 0 Å². The zero-order valence-corrected chi connectivity index (χ0v) is 12.3. The second-order valence-corrected chi connectivity index (χ2v) is 5.89. The van der Waals surface area contributed by atoms with Gasteiger partial charge in [-0.3, -0.25) is 4.79 Å². The molecule has 0 unspecified atom stereocenters. The molecule has 6 heteroatoms. The summed E-state index contributed by atoms with van der Waals surface area (Å²) in [7, 11) is 2.10. The van der Waals surface area contributed by atoms with E-state index in [0.29, 0.717) is 5.69 Å². The lowest BCUT2D eigenvalue weighted by Crippen LogP contribution is -2.34. The first-order valence-corrected chi connectivity index (χ1v) is 7.69. The Labute approximate surface area is 122 Å². The lowest BCUT2D eigenvalue weighted by molar-refractivity contribution is 0.0757. The highest BCUT2D eigenvalue weighted by Gasteiger charge is 2.21. The Hall–Kier alpha value is -1.66. The molecule has 0 aromatic carbocycles. The van der Waals surface area contributed by atoms with E-state index in [0.717, 1.165) is 37.7 Å². The van der Waals surface area contributed by atoms with Gasteiger partial charge >= 0.3 is 0 Å². The molecule has 0 radical (unpaired) electrons. The predicted octanol–water partition coefficient (Wildman–Crippen LogP) is 1.71. The number of hydrogen-bond acceptors (Lipinski definition) is 4. The van der Waals surface area contributed by atoms with Crippen molar-refractivity contribution in [2.45, 2.75) is 6.42 Å². The number of carbonyl (C=O) groups is 1. The molecule has 5 nitrogen and oxygen atoms in total. The zero-order chi connectivity index (χ0) is 13.9. The van der Waals surface area contributed by atoms with Crippen LogP contribution in [0.3, 0.4) is 0 Å². The lowest BCUT2D eigenvalue weighted by atomic mass is 10.3. The Morgan fingerprint density at radius 3 is 2.80 bits per heavy atom. The molecule has 3 heterocycles. The molecule has 1 aliphatic rings. The maximum atomic E-state index is 12.5. The summed E-state index contributed by atoms with van der Waals surface area (Å²) in [5, 5.41) is 2.69. The summed E-state index contributed by atoms with van der Waals surface area (Å²) >= 11 is 1.50. The molecule has 1 fully saturated rings. The van der Waals surface area contributed by atoms with Crippen molar-refractivity contribution in [3.8, 4) is 5.13 Å². The first kappa shape index (κ1) is 13.3. The summed E-state index contributed by atoms with van der Waals surface area (Å²) in [6.07, 6.45) is 4.90. The summed E-state index contributed by atoms with van der Waals surface area (Å²) in [5.74, 6) is 0.0509. The van der Waals surface area contributed by atoms with Crippen molar-refractivity contribution < 1.29 is 4.79 Å². The Morgan fingerprint density at radius 2 is 2.00 bits per heavy atom. The second-order valence-electron chi connectivity index (χ2n) is 5.05. The van der Waals surface area contributed by atoms with Crippen LogP contribution in [-0.2, 0) is 0 Å². The molecule has 0 spiro atoms. The Morgan fingerprint density at radius 1 is 1.20 bits per heavy atom. The molecule has 20 heavy (non-hydrogen) atoms. The molecule has 0 saturated carbocycles. The van der Waals surface area contributed by atoms with E-state index in [1.807, 2.05) is 39.4 Å². The van der Waals surface area contributed by atoms with Gasteiger partial charge in [0.25, 0.3) is 5.91 Å². The molecule has 106 valence electrons. The fourth-order valence-electron chi connectivity index (χ4n) is 2.35. The third-order valence-electron chi connectivity index (χ3n) is 3.54. The van der Waals surface area contributed by atoms with Crippen LogP contribution < -0.4 is 0 Å². The summed E-state index contributed by atoms with van der Waals surface area (Å²) in [5.41, 5.74) is 0.559. The summed E-state index contributed by atoms with van der Waals surface area (Å²) in [6, 6.07) is 3.90. The van der Waals surface area contributed by atoms with Gasteiger partial charge in [0, 0.05) is 37.4 Å². The van der Waals surface area contributed by atoms with Gasteiger partial charge in [0.1, 0.15) is 5.69 Å². The van der Waals surface area contributed by atoms with Gasteiger partial charge in [-0.2, -0.15) is 0 Å². The highest BCUT2D eigenvalue weighted by Crippen LogP contribution is 2.17. The molecule has 1 saturated heterocycles. The van der Waals surface area contributed by atoms with E-state index in [-0.39, 0.29) is 5.91 Å². The first-order valence-electron chi connectivity index (χ1n) is 6.81. The lowest BCUT2D eigenvalue weighted by Gasteiger charge is -2.19. The minimum atomic E-state index is 0.0509. The van der Waals surface area contributed by atoms with Gasteiger partial charge in [-0.15, -0.1) is 11.3 Å². The fourth-order valence-corrected chi connectivity index (χ4v) is 3.12. The van der Waals surface area contributed by atoms with Gasteiger partial charge < -0.3 is 14.4 Å². The highest BCUT2D eigenvalue weighted by molar-refractivity contribution is 7.12. The van der Waals surface area contributed by atoms with Crippen LogP contribution in [0.15, 0.2) is 29.9 Å². The molecule has 0 atom stereocenters. The van der Waals surface area contributed by atoms with Gasteiger partial charge in [-0.05, 0) is 32.1 Å². The van der Waals surface area contributed by atoms with Crippen LogP contribution in [0.1, 0.15) is 16.9 Å². The average Bonchev–Trinajstić information content (AvgIpc) is 3.08. The van der Waals surface area contributed by atoms with E-state index in [9.17, 15) is 4.79 Å². The van der Waals surface area contributed by atoms with E-state index < -0.39 is 0 Å². The quantitative estimate of drug-likeness (QED) is 0.845. The summed E-state index contributed by atoms with van der Waals surface area (Å²) in [6.45, 7) is 3.58. The van der Waals surface area contributed by atoms with Crippen LogP contribution in [-0.4, -0.2) is 58.5 Å². The van der Waals surface area contributed by atoms with Crippen molar-refractivity contribution in [1.82, 2.24) is 19.4 Å². The number of likely N-dealkylation sites (N-methyl/N-ethyl adjacent to an activating group) is 1. The number of amides is 1. The van der Waals surface area contributed by atoms with Crippen molar-refractivity contribution in [3.05, 3.63) is 35.6 Å². The van der Waals surface area contributed by atoms with Gasteiger partial charge in [-0.1, -0.05) is 0 Å². The normalized spacial score (nSPS) is 17.1. The molecule has 2 aromatic heterocycles. The number of thiazole rings is 1. The van der Waals surface area contributed by atoms with Crippen LogP contribution in [0.25, 0.3) is 5.13 Å². The molecule has 1 amide bonds. The number of carbonyl (C=O) groups excluding carboxylic acids is 1. The number of nitrogens with zero attached hydrogens (tertiary/aromatic N) is 4. The predicted molar refractivity (Wildman–Crippen MR) is 79.5 cm³/mol. The maximum Gasteiger partial charge on any atom is 0.273 e. The molecule has 0 aliphatic carbocycles. The molecule has 3 rings (SSSR count). The largest absolute Gasteiger partial charge is 0.336 e. The third kappa shape index (κ3) is 2.76. The number of hydrogen-bond donors (Lipinski definition) is 0. The topological polar surface area (TPSA) is 41.4 Å². The van der Waals surface area contributed by atoms with Gasteiger partial charge in [0.15, 0.2) is 5.13 Å². The average molecular weight is 290 g/mol. The van der Waals surface area contributed by atoms with Crippen molar-refractivity contribution in [3.63, 3.8) is 0 Å². The van der Waals surface area contributed by atoms with Gasteiger partial charge in [-0.25, -0.2) is 4.98 Å². The minimum absolute atomic E-state index is 0.0509. The van der Waals surface area contributed by atoms with Gasteiger partial charge in [0.2, 0.25) is 0 Å². The Bertz CT molecular complexity index is 578. The molecule has 1 aliphatic heterocycles. The number of rotatable bonds is 2. The van der Waals surface area contributed by atoms with E-state index in [4.69, 9.17) is 0 Å². The van der Waals surface area contributed by atoms with Crippen LogP contribution >= 0.6 is 11.3 Å². The van der Waals surface area contributed by atoms with Crippen molar-refractivity contribution >= 4 is 17.2 Å². The standard InChI is InChI=1S/C14H18N4OS/c1-16-5-4-8-17(10-9-16)13(19)12-11-20-14(15-12)18-6-2-3-7-18/h2-3,6-7,11H,4-5,8-10H2,1H3. The van der Waals surface area contributed by atoms with Crippen LogP contribution in [0.4, 0.5) is 0 Å². The summed E-state index contributed by atoms with van der Waals surface area (Å²) < 4.78 is 1.93. The van der Waals surface area contributed by atoms with Crippen molar-refractivity contribution in [2.75, 3.05) is 33.2 Å². The van der Waals surface area contributed by atoms with E-state index >= 15 is 0 Å². The molecule has 2 aromatic rings. The van der Waals surface area contributed by atoms with Crippen LogP contribution in [0.5, 0.6) is 0 Å². The van der Waals surface area contributed by atoms with E-state index in [1.165, 1.54) is 11.3 Å². The van der Waals surface area contributed by atoms with Crippen molar-refractivity contribution in [1.29, 1.82) is 0 Å². The minimum Gasteiger partial charge on any atom is -0.336 e. The molecular formula is C14H18N4OS.